The fraction of sp³-hybridized carbons (Fsp3) is 0.333. The molecule has 0 aliphatic rings. The zero-order valence-corrected chi connectivity index (χ0v) is 10.8. The van der Waals surface area contributed by atoms with Gasteiger partial charge in [-0.1, -0.05) is 30.6 Å². The van der Waals surface area contributed by atoms with E-state index in [1.165, 1.54) is 6.20 Å². The number of pyridine rings is 1. The van der Waals surface area contributed by atoms with Crippen molar-refractivity contribution in [3.8, 4) is 11.5 Å². The third-order valence-corrected chi connectivity index (χ3v) is 2.62. The van der Waals surface area contributed by atoms with E-state index in [4.69, 9.17) is 16.1 Å². The van der Waals surface area contributed by atoms with Crippen LogP contribution >= 0.6 is 11.6 Å². The number of carbonyl (C=O) groups is 1. The molecular formula is C12H12ClN3O2. The summed E-state index contributed by atoms with van der Waals surface area (Å²) in [5.41, 5.74) is 0.561. The Morgan fingerprint density at radius 1 is 1.44 bits per heavy atom. The van der Waals surface area contributed by atoms with Gasteiger partial charge in [-0.2, -0.15) is 4.98 Å². The average molecular weight is 266 g/mol. The standard InChI is InChI=1S/C12H12ClN3O2/c1-7(2)10(17)5-11-15-12(16-18-11)9-4-3-8(13)6-14-9/h3-4,6-7H,5H2,1-2H3. The predicted molar refractivity (Wildman–Crippen MR) is 66.1 cm³/mol. The van der Waals surface area contributed by atoms with Crippen molar-refractivity contribution in [2.24, 2.45) is 5.92 Å². The average Bonchev–Trinajstić information content (AvgIpc) is 2.78. The highest BCUT2D eigenvalue weighted by Crippen LogP contribution is 2.16. The van der Waals surface area contributed by atoms with Crippen LogP contribution in [0.5, 0.6) is 0 Å². The van der Waals surface area contributed by atoms with Gasteiger partial charge in [0.25, 0.3) is 0 Å². The number of aromatic nitrogens is 3. The quantitative estimate of drug-likeness (QED) is 0.850. The van der Waals surface area contributed by atoms with Gasteiger partial charge in [0, 0.05) is 12.1 Å². The molecule has 94 valence electrons. The van der Waals surface area contributed by atoms with E-state index in [-0.39, 0.29) is 18.1 Å². The van der Waals surface area contributed by atoms with E-state index in [9.17, 15) is 4.79 Å². The molecule has 0 unspecified atom stereocenters. The lowest BCUT2D eigenvalue weighted by Gasteiger charge is -1.98. The lowest BCUT2D eigenvalue weighted by atomic mass is 10.1. The van der Waals surface area contributed by atoms with E-state index in [1.54, 1.807) is 12.1 Å². The van der Waals surface area contributed by atoms with E-state index in [1.807, 2.05) is 13.8 Å². The second kappa shape index (κ2) is 5.27. The number of Topliss-reactive ketones (excluding diaryl/α,β-unsaturated/α-hetero) is 1. The summed E-state index contributed by atoms with van der Waals surface area (Å²) in [6.07, 6.45) is 1.66. The van der Waals surface area contributed by atoms with E-state index < -0.39 is 0 Å². The molecule has 0 aliphatic heterocycles. The van der Waals surface area contributed by atoms with Gasteiger partial charge < -0.3 is 4.52 Å². The molecule has 2 rings (SSSR count). The predicted octanol–water partition coefficient (Wildman–Crippen LogP) is 2.55. The number of hydrogen-bond acceptors (Lipinski definition) is 5. The summed E-state index contributed by atoms with van der Waals surface area (Å²) in [4.78, 5) is 19.7. The molecule has 0 radical (unpaired) electrons. The van der Waals surface area contributed by atoms with Crippen molar-refractivity contribution in [3.05, 3.63) is 29.2 Å². The molecule has 0 bridgehead atoms. The summed E-state index contributed by atoms with van der Waals surface area (Å²) < 4.78 is 5.02. The van der Waals surface area contributed by atoms with Crippen LogP contribution < -0.4 is 0 Å². The molecule has 5 nitrogen and oxygen atoms in total. The molecule has 6 heteroatoms. The maximum atomic E-state index is 11.5. The lowest BCUT2D eigenvalue weighted by molar-refractivity contribution is -0.121. The molecule has 2 heterocycles. The molecule has 0 aliphatic carbocycles. The molecule has 18 heavy (non-hydrogen) atoms. The number of carbonyl (C=O) groups excluding carboxylic acids is 1. The number of halogens is 1. The summed E-state index contributed by atoms with van der Waals surface area (Å²) in [7, 11) is 0. The highest BCUT2D eigenvalue weighted by atomic mass is 35.5. The van der Waals surface area contributed by atoms with E-state index in [0.717, 1.165) is 0 Å². The van der Waals surface area contributed by atoms with Gasteiger partial charge in [0.05, 0.1) is 11.4 Å². The summed E-state index contributed by atoms with van der Waals surface area (Å²) in [5.74, 6) is 0.682. The molecule has 0 N–H and O–H groups in total. The van der Waals surface area contributed by atoms with Gasteiger partial charge in [0.1, 0.15) is 11.5 Å². The molecule has 0 saturated heterocycles. The maximum Gasteiger partial charge on any atom is 0.234 e. The molecule has 0 atom stereocenters. The molecule has 0 aromatic carbocycles. The summed E-state index contributed by atoms with van der Waals surface area (Å²) >= 11 is 5.74. The fourth-order valence-electron chi connectivity index (χ4n) is 1.29. The van der Waals surface area contributed by atoms with Crippen LogP contribution in [0.1, 0.15) is 19.7 Å². The zero-order valence-electron chi connectivity index (χ0n) is 10.1. The van der Waals surface area contributed by atoms with Gasteiger partial charge >= 0.3 is 0 Å². The second-order valence-electron chi connectivity index (χ2n) is 4.17. The van der Waals surface area contributed by atoms with Crippen LogP contribution in [-0.2, 0) is 11.2 Å². The van der Waals surface area contributed by atoms with E-state index in [0.29, 0.717) is 22.4 Å². The van der Waals surface area contributed by atoms with E-state index >= 15 is 0 Å². The second-order valence-corrected chi connectivity index (χ2v) is 4.61. The lowest BCUT2D eigenvalue weighted by Crippen LogP contribution is -2.10. The fourth-order valence-corrected chi connectivity index (χ4v) is 1.40. The van der Waals surface area contributed by atoms with Crippen LogP contribution in [0.4, 0.5) is 0 Å². The molecule has 2 aromatic heterocycles. The first-order valence-corrected chi connectivity index (χ1v) is 5.91. The topological polar surface area (TPSA) is 68.9 Å². The molecular weight excluding hydrogens is 254 g/mol. The van der Waals surface area contributed by atoms with Gasteiger partial charge in [-0.05, 0) is 12.1 Å². The smallest absolute Gasteiger partial charge is 0.234 e. The van der Waals surface area contributed by atoms with Gasteiger partial charge in [0.2, 0.25) is 11.7 Å². The van der Waals surface area contributed by atoms with Crippen molar-refractivity contribution in [2.45, 2.75) is 20.3 Å². The third kappa shape index (κ3) is 2.92. The van der Waals surface area contributed by atoms with Crippen molar-refractivity contribution in [3.63, 3.8) is 0 Å². The Morgan fingerprint density at radius 2 is 2.22 bits per heavy atom. The molecule has 2 aromatic rings. The summed E-state index contributed by atoms with van der Waals surface area (Å²) in [6, 6.07) is 3.39. The summed E-state index contributed by atoms with van der Waals surface area (Å²) in [5, 5.41) is 4.32. The van der Waals surface area contributed by atoms with Crippen LogP contribution in [-0.4, -0.2) is 20.9 Å². The first-order valence-electron chi connectivity index (χ1n) is 5.53. The largest absolute Gasteiger partial charge is 0.338 e. The SMILES string of the molecule is CC(C)C(=O)Cc1nc(-c2ccc(Cl)cn2)no1. The number of nitrogens with zero attached hydrogens (tertiary/aromatic N) is 3. The monoisotopic (exact) mass is 265 g/mol. The summed E-state index contributed by atoms with van der Waals surface area (Å²) in [6.45, 7) is 3.67. The molecule has 0 amide bonds. The van der Waals surface area contributed by atoms with Crippen LogP contribution in [0.3, 0.4) is 0 Å². The molecule has 0 spiro atoms. The van der Waals surface area contributed by atoms with Crippen molar-refractivity contribution < 1.29 is 9.32 Å². The van der Waals surface area contributed by atoms with Crippen molar-refractivity contribution in [1.29, 1.82) is 0 Å². The highest BCUT2D eigenvalue weighted by Gasteiger charge is 2.15. The van der Waals surface area contributed by atoms with Gasteiger partial charge in [-0.3, -0.25) is 9.78 Å². The Labute approximate surface area is 109 Å². The van der Waals surface area contributed by atoms with Gasteiger partial charge in [-0.25, -0.2) is 0 Å². The minimum absolute atomic E-state index is 0.0472. The van der Waals surface area contributed by atoms with E-state index in [2.05, 4.69) is 15.1 Å². The van der Waals surface area contributed by atoms with Crippen LogP contribution in [0.25, 0.3) is 11.5 Å². The Balaban J connectivity index is 2.15. The number of hydrogen-bond donors (Lipinski definition) is 0. The minimum Gasteiger partial charge on any atom is -0.338 e. The Bertz CT molecular complexity index is 549. The van der Waals surface area contributed by atoms with Crippen molar-refractivity contribution in [2.75, 3.05) is 0 Å². The Hall–Kier alpha value is -1.75. The first-order chi connectivity index (χ1) is 8.56. The number of ketones is 1. The van der Waals surface area contributed by atoms with Crippen molar-refractivity contribution in [1.82, 2.24) is 15.1 Å². The van der Waals surface area contributed by atoms with Crippen LogP contribution in [0, 0.1) is 5.92 Å². The number of rotatable bonds is 4. The highest BCUT2D eigenvalue weighted by molar-refractivity contribution is 6.30. The van der Waals surface area contributed by atoms with Gasteiger partial charge in [0.15, 0.2) is 0 Å². The normalized spacial score (nSPS) is 10.9. The first kappa shape index (κ1) is 12.7. The van der Waals surface area contributed by atoms with Crippen LogP contribution in [0.2, 0.25) is 5.02 Å². The Kier molecular flexibility index (Phi) is 3.72. The molecule has 0 saturated carbocycles. The minimum atomic E-state index is -0.0472. The maximum absolute atomic E-state index is 11.5. The Morgan fingerprint density at radius 3 is 2.83 bits per heavy atom. The molecule has 0 fully saturated rings. The van der Waals surface area contributed by atoms with Gasteiger partial charge in [-0.15, -0.1) is 0 Å². The third-order valence-electron chi connectivity index (χ3n) is 2.39. The van der Waals surface area contributed by atoms with Crippen LogP contribution in [0.15, 0.2) is 22.9 Å². The van der Waals surface area contributed by atoms with Crippen molar-refractivity contribution >= 4 is 17.4 Å². The zero-order chi connectivity index (χ0) is 13.1.